The van der Waals surface area contributed by atoms with Gasteiger partial charge in [0.1, 0.15) is 5.76 Å². The second-order valence-electron chi connectivity index (χ2n) is 6.73. The van der Waals surface area contributed by atoms with Gasteiger partial charge in [0.05, 0.1) is 0 Å². The molecule has 1 saturated carbocycles. The van der Waals surface area contributed by atoms with E-state index in [2.05, 4.69) is 13.2 Å². The predicted octanol–water partition coefficient (Wildman–Crippen LogP) is 5.44. The van der Waals surface area contributed by atoms with E-state index in [9.17, 15) is 35.8 Å². The summed E-state index contributed by atoms with van der Waals surface area (Å²) in [6.07, 6.45) is -10.8. The Morgan fingerprint density at radius 2 is 1.28 bits per heavy atom. The number of aliphatic hydroxyl groups is 1. The molecule has 1 rings (SSSR count). The molecule has 1 aliphatic carbocycles. The highest BCUT2D eigenvalue weighted by Gasteiger charge is 2.61. The van der Waals surface area contributed by atoms with Crippen molar-refractivity contribution in [3.8, 4) is 0 Å². The minimum absolute atomic E-state index is 0.265. The van der Waals surface area contributed by atoms with Gasteiger partial charge in [-0.15, -0.1) is 0 Å². The van der Waals surface area contributed by atoms with Crippen LogP contribution in [0.15, 0.2) is 24.7 Å². The van der Waals surface area contributed by atoms with Gasteiger partial charge in [-0.3, -0.25) is 0 Å². The molecule has 0 aromatic rings. The van der Waals surface area contributed by atoms with E-state index >= 15 is 0 Å². The van der Waals surface area contributed by atoms with E-state index in [1.165, 1.54) is 0 Å². The molecule has 1 aliphatic rings. The Hall–Kier alpha value is -1.25. The Balaban J connectivity index is 2.97. The molecule has 1 N–H and O–H groups in total. The van der Waals surface area contributed by atoms with Gasteiger partial charge >= 0.3 is 12.4 Å². The van der Waals surface area contributed by atoms with Gasteiger partial charge in [0.15, 0.2) is 11.4 Å². The highest BCUT2D eigenvalue weighted by atomic mass is 19.4. The molecule has 2 nitrogen and oxygen atoms in total. The van der Waals surface area contributed by atoms with E-state index in [0.717, 1.165) is 0 Å². The van der Waals surface area contributed by atoms with Crippen molar-refractivity contribution in [1.82, 2.24) is 0 Å². The summed E-state index contributed by atoms with van der Waals surface area (Å²) in [4.78, 5) is 0. The Bertz CT molecular complexity index is 514. The molecule has 0 saturated heterocycles. The quantitative estimate of drug-likeness (QED) is 0.392. The first-order valence-corrected chi connectivity index (χ1v) is 7.62. The summed E-state index contributed by atoms with van der Waals surface area (Å²) in [5, 5.41) is 9.69. The molecule has 2 atom stereocenters. The maximum absolute atomic E-state index is 13.5. The van der Waals surface area contributed by atoms with Gasteiger partial charge in [-0.25, -0.2) is 4.39 Å². The van der Waals surface area contributed by atoms with E-state index in [-0.39, 0.29) is 25.7 Å². The highest BCUT2D eigenvalue weighted by molar-refractivity contribution is 5.13. The maximum Gasteiger partial charge on any atom is 0.428 e. The smallest absolute Gasteiger partial charge is 0.428 e. The van der Waals surface area contributed by atoms with E-state index in [0.29, 0.717) is 13.8 Å². The first-order valence-electron chi connectivity index (χ1n) is 7.62. The molecule has 25 heavy (non-hydrogen) atoms. The van der Waals surface area contributed by atoms with Crippen molar-refractivity contribution in [1.29, 1.82) is 0 Å². The maximum atomic E-state index is 13.5. The van der Waals surface area contributed by atoms with Crippen molar-refractivity contribution in [2.24, 2.45) is 11.8 Å². The molecule has 0 aromatic heterocycles. The molecule has 0 aromatic carbocycles. The number of hydrogen-bond donors (Lipinski definition) is 1. The summed E-state index contributed by atoms with van der Waals surface area (Å²) in [6.45, 7) is 7.20. The fourth-order valence-electron chi connectivity index (χ4n) is 3.12. The summed E-state index contributed by atoms with van der Waals surface area (Å²) in [5.74, 6) is -4.56. The molecule has 9 heteroatoms. The molecular weight excluding hydrogens is 357 g/mol. The summed E-state index contributed by atoms with van der Waals surface area (Å²) in [7, 11) is 0. The fraction of sp³-hybridized carbons (Fsp3) is 0.750. The molecule has 146 valence electrons. The monoisotopic (exact) mass is 378 g/mol. The topological polar surface area (TPSA) is 29.5 Å². The van der Waals surface area contributed by atoms with Crippen LogP contribution in [0.25, 0.3) is 0 Å². The van der Waals surface area contributed by atoms with Gasteiger partial charge in [-0.05, 0) is 45.4 Å². The van der Waals surface area contributed by atoms with Crippen molar-refractivity contribution in [2.75, 3.05) is 0 Å². The second-order valence-corrected chi connectivity index (χ2v) is 6.73. The Labute approximate surface area is 141 Å². The zero-order valence-electron chi connectivity index (χ0n) is 13.9. The first-order chi connectivity index (χ1) is 11.0. The van der Waals surface area contributed by atoms with Crippen molar-refractivity contribution in [3.05, 3.63) is 24.7 Å². The number of halogens is 7. The average molecular weight is 378 g/mol. The summed E-state index contributed by atoms with van der Waals surface area (Å²) < 4.78 is 96.8. The van der Waals surface area contributed by atoms with E-state index < -0.39 is 47.0 Å². The van der Waals surface area contributed by atoms with Crippen LogP contribution in [0.1, 0.15) is 39.5 Å². The van der Waals surface area contributed by atoms with Crippen molar-refractivity contribution < 1.29 is 40.6 Å². The fourth-order valence-corrected chi connectivity index (χ4v) is 3.12. The second kappa shape index (κ2) is 6.81. The van der Waals surface area contributed by atoms with E-state index in [1.54, 1.807) is 0 Å². The predicted molar refractivity (Wildman–Crippen MR) is 77.1 cm³/mol. The van der Waals surface area contributed by atoms with Crippen LogP contribution in [0.5, 0.6) is 0 Å². The van der Waals surface area contributed by atoms with Crippen molar-refractivity contribution in [3.63, 3.8) is 0 Å². The van der Waals surface area contributed by atoms with Crippen LogP contribution >= 0.6 is 0 Å². The van der Waals surface area contributed by atoms with Crippen LogP contribution < -0.4 is 0 Å². The molecule has 0 radical (unpaired) electrons. The number of alkyl halides is 6. The number of rotatable bonds is 5. The molecular formula is C16H21F7O2. The lowest BCUT2D eigenvalue weighted by molar-refractivity contribution is -0.292. The van der Waals surface area contributed by atoms with Gasteiger partial charge in [0.2, 0.25) is 5.60 Å². The van der Waals surface area contributed by atoms with Crippen LogP contribution in [0.3, 0.4) is 0 Å². The van der Waals surface area contributed by atoms with Gasteiger partial charge < -0.3 is 9.84 Å². The van der Waals surface area contributed by atoms with Gasteiger partial charge in [0, 0.05) is 5.92 Å². The minimum Gasteiger partial charge on any atom is -0.475 e. The van der Waals surface area contributed by atoms with Crippen LogP contribution in [-0.2, 0) is 4.74 Å². The van der Waals surface area contributed by atoms with E-state index in [4.69, 9.17) is 4.74 Å². The zero-order valence-corrected chi connectivity index (χ0v) is 13.9. The number of hydrogen-bond acceptors (Lipinski definition) is 2. The largest absolute Gasteiger partial charge is 0.475 e. The summed E-state index contributed by atoms with van der Waals surface area (Å²) in [6, 6.07) is 0. The third-order valence-corrected chi connectivity index (χ3v) is 5.08. The summed E-state index contributed by atoms with van der Waals surface area (Å²) >= 11 is 0. The lowest BCUT2D eigenvalue weighted by Crippen LogP contribution is -2.54. The SMILES string of the molecule is C=C(F)C(=C)OC(C)(C1CCC(C(C)(O)C(F)(F)F)CC1)C(F)(F)F. The standard InChI is InChI=1S/C16H21F7O2/c1-9(17)10(2)25-14(4,16(21,22)23)12-7-5-11(6-8-12)13(3,24)15(18,19)20/h11-12,24H,1-2,5-8H2,3-4H3. The first kappa shape index (κ1) is 21.8. The minimum atomic E-state index is -4.89. The number of ether oxygens (including phenoxy) is 1. The van der Waals surface area contributed by atoms with Gasteiger partial charge in [-0.1, -0.05) is 13.2 Å². The molecule has 2 unspecified atom stereocenters. The van der Waals surface area contributed by atoms with Crippen LogP contribution in [0.2, 0.25) is 0 Å². The Kier molecular flexibility index (Phi) is 5.94. The zero-order chi connectivity index (χ0) is 19.8. The normalized spacial score (nSPS) is 27.1. The Morgan fingerprint density at radius 3 is 1.60 bits per heavy atom. The lowest BCUT2D eigenvalue weighted by atomic mass is 9.69. The molecule has 0 heterocycles. The van der Waals surface area contributed by atoms with Crippen LogP contribution in [0, 0.1) is 11.8 Å². The third kappa shape index (κ3) is 4.30. The van der Waals surface area contributed by atoms with Crippen LogP contribution in [0.4, 0.5) is 30.7 Å². The average Bonchev–Trinajstić information content (AvgIpc) is 2.44. The molecule has 1 fully saturated rings. The van der Waals surface area contributed by atoms with Crippen LogP contribution in [-0.4, -0.2) is 28.7 Å². The number of allylic oxidation sites excluding steroid dienone is 1. The van der Waals surface area contributed by atoms with Gasteiger partial charge in [-0.2, -0.15) is 26.3 Å². The highest BCUT2D eigenvalue weighted by Crippen LogP contribution is 2.50. The molecule has 0 aliphatic heterocycles. The van der Waals surface area contributed by atoms with Crippen molar-refractivity contribution in [2.45, 2.75) is 63.1 Å². The van der Waals surface area contributed by atoms with E-state index in [1.807, 2.05) is 0 Å². The molecule has 0 bridgehead atoms. The lowest BCUT2D eigenvalue weighted by Gasteiger charge is -2.45. The third-order valence-electron chi connectivity index (χ3n) is 5.08. The summed E-state index contributed by atoms with van der Waals surface area (Å²) in [5.41, 5.74) is -5.79. The van der Waals surface area contributed by atoms with Crippen molar-refractivity contribution >= 4 is 0 Å². The van der Waals surface area contributed by atoms with Gasteiger partial charge in [0.25, 0.3) is 0 Å². The molecule has 0 amide bonds. The molecule has 0 spiro atoms. The Morgan fingerprint density at radius 1 is 0.880 bits per heavy atom.